The maximum absolute atomic E-state index is 12.6. The molecule has 0 amide bonds. The minimum Gasteiger partial charge on any atom is -0.457 e. The second-order valence-corrected chi connectivity index (χ2v) is 12.4. The van der Waals surface area contributed by atoms with Crippen molar-refractivity contribution in [3.8, 4) is 0 Å². The normalized spacial score (nSPS) is 27.4. The Morgan fingerprint density at radius 1 is 0.635 bits per heavy atom. The Balaban J connectivity index is 1.49. The van der Waals surface area contributed by atoms with E-state index in [0.717, 1.165) is 21.9 Å². The standard InChI is InChI=1S/C38H44O14/c1-22(39)47-32-30(20-44-18-26-11-7-6-8-12-26)51-38(52-31-21-46-37(43-5)35(49-24(3)41)33(31)48-23(2)40)36(50-25(4)42)34(32)45-19-27-15-16-28-13-9-10-14-29(28)17-27/h6-17,30-38H,18-21H2,1-5H3/t30-,31-,32-,33+,34+,35-,36+,37-,38-/m1/s1. The number of rotatable bonds is 14. The molecule has 2 saturated heterocycles. The molecule has 0 aliphatic carbocycles. The lowest BCUT2D eigenvalue weighted by Gasteiger charge is -2.47. The molecule has 5 rings (SSSR count). The molecule has 3 aromatic carbocycles. The van der Waals surface area contributed by atoms with E-state index in [0.29, 0.717) is 0 Å². The summed E-state index contributed by atoms with van der Waals surface area (Å²) in [6.45, 7) is 4.78. The summed E-state index contributed by atoms with van der Waals surface area (Å²) >= 11 is 0. The zero-order valence-corrected chi connectivity index (χ0v) is 29.7. The quantitative estimate of drug-likeness (QED) is 0.175. The van der Waals surface area contributed by atoms with Crippen LogP contribution in [0.2, 0.25) is 0 Å². The molecule has 0 saturated carbocycles. The Kier molecular flexibility index (Phi) is 13.7. The van der Waals surface area contributed by atoms with E-state index in [2.05, 4.69) is 0 Å². The molecule has 2 aliphatic heterocycles. The zero-order valence-electron chi connectivity index (χ0n) is 29.7. The average Bonchev–Trinajstić information content (AvgIpc) is 3.10. The van der Waals surface area contributed by atoms with Gasteiger partial charge in [0.15, 0.2) is 37.0 Å². The van der Waals surface area contributed by atoms with Crippen molar-refractivity contribution in [3.63, 3.8) is 0 Å². The Morgan fingerprint density at radius 3 is 1.88 bits per heavy atom. The minimum atomic E-state index is -1.41. The molecule has 0 radical (unpaired) electrons. The van der Waals surface area contributed by atoms with E-state index in [9.17, 15) is 19.2 Å². The van der Waals surface area contributed by atoms with Gasteiger partial charge in [-0.2, -0.15) is 0 Å². The number of methoxy groups -OCH3 is 1. The smallest absolute Gasteiger partial charge is 0.303 e. The first-order valence-corrected chi connectivity index (χ1v) is 16.9. The van der Waals surface area contributed by atoms with Crippen molar-refractivity contribution in [1.82, 2.24) is 0 Å². The summed E-state index contributed by atoms with van der Waals surface area (Å²) in [6.07, 6.45) is -10.7. The lowest BCUT2D eigenvalue weighted by Crippen LogP contribution is -2.65. The molecule has 0 spiro atoms. The second-order valence-electron chi connectivity index (χ2n) is 12.4. The summed E-state index contributed by atoms with van der Waals surface area (Å²) in [4.78, 5) is 49.5. The zero-order chi connectivity index (χ0) is 37.2. The van der Waals surface area contributed by atoms with Gasteiger partial charge >= 0.3 is 23.9 Å². The molecule has 0 unspecified atom stereocenters. The van der Waals surface area contributed by atoms with Crippen LogP contribution in [0, 0.1) is 0 Å². The lowest BCUT2D eigenvalue weighted by atomic mass is 9.97. The van der Waals surface area contributed by atoms with Crippen LogP contribution in [-0.4, -0.2) is 99.5 Å². The van der Waals surface area contributed by atoms with Gasteiger partial charge in [0, 0.05) is 34.8 Å². The van der Waals surface area contributed by atoms with Crippen LogP contribution >= 0.6 is 0 Å². The first kappa shape index (κ1) is 38.8. The first-order valence-electron chi connectivity index (χ1n) is 16.9. The molecule has 9 atom stereocenters. The van der Waals surface area contributed by atoms with E-state index in [1.54, 1.807) is 0 Å². The van der Waals surface area contributed by atoms with Crippen molar-refractivity contribution in [2.45, 2.75) is 96.2 Å². The molecule has 0 aromatic heterocycles. The Bertz CT molecular complexity index is 1660. The van der Waals surface area contributed by atoms with Crippen LogP contribution in [0.1, 0.15) is 38.8 Å². The molecule has 3 aromatic rings. The van der Waals surface area contributed by atoms with E-state index in [1.807, 2.05) is 72.8 Å². The summed E-state index contributed by atoms with van der Waals surface area (Å²) in [5.41, 5.74) is 1.69. The Hall–Kier alpha value is -4.44. The van der Waals surface area contributed by atoms with Gasteiger partial charge in [0.05, 0.1) is 26.4 Å². The van der Waals surface area contributed by atoms with Gasteiger partial charge in [0.2, 0.25) is 0 Å². The van der Waals surface area contributed by atoms with Gasteiger partial charge in [0.25, 0.3) is 0 Å². The summed E-state index contributed by atoms with van der Waals surface area (Å²) in [7, 11) is 1.35. The van der Waals surface area contributed by atoms with Crippen molar-refractivity contribution < 1.29 is 66.5 Å². The number of carbonyl (C=O) groups excluding carboxylic acids is 4. The number of hydrogen-bond donors (Lipinski definition) is 0. The highest BCUT2D eigenvalue weighted by Crippen LogP contribution is 2.34. The molecule has 2 fully saturated rings. The lowest BCUT2D eigenvalue weighted by molar-refractivity contribution is -0.349. The minimum absolute atomic E-state index is 0.0298. The molecule has 2 heterocycles. The molecular formula is C38H44O14. The number of hydrogen-bond acceptors (Lipinski definition) is 14. The van der Waals surface area contributed by atoms with Crippen molar-refractivity contribution in [3.05, 3.63) is 83.9 Å². The fourth-order valence-corrected chi connectivity index (χ4v) is 6.24. The topological polar surface area (TPSA) is 161 Å². The van der Waals surface area contributed by atoms with E-state index in [-0.39, 0.29) is 26.4 Å². The summed E-state index contributed by atoms with van der Waals surface area (Å²) in [5.74, 6) is -2.70. The van der Waals surface area contributed by atoms with E-state index >= 15 is 0 Å². The monoisotopic (exact) mass is 724 g/mol. The first-order chi connectivity index (χ1) is 25.0. The van der Waals surface area contributed by atoms with Crippen molar-refractivity contribution in [2.75, 3.05) is 20.3 Å². The Labute approximate surface area is 301 Å². The summed E-state index contributed by atoms with van der Waals surface area (Å²) < 4.78 is 59.2. The fourth-order valence-electron chi connectivity index (χ4n) is 6.24. The predicted molar refractivity (Wildman–Crippen MR) is 181 cm³/mol. The van der Waals surface area contributed by atoms with Crippen molar-refractivity contribution in [2.24, 2.45) is 0 Å². The third-order valence-electron chi connectivity index (χ3n) is 8.37. The SMILES string of the molecule is CO[C@@H]1OC[C@@H](O[C@H]2O[C@H](COCc3ccccc3)[C@@H](OC(C)=O)[C@H](OCc3ccc4ccccc4c3)[C@@H]2OC(C)=O)[C@H](OC(C)=O)[C@H]1OC(C)=O. The maximum Gasteiger partial charge on any atom is 0.303 e. The number of carbonyl (C=O) groups is 4. The highest BCUT2D eigenvalue weighted by molar-refractivity contribution is 5.83. The average molecular weight is 725 g/mol. The molecule has 2 aliphatic rings. The van der Waals surface area contributed by atoms with Crippen LogP contribution < -0.4 is 0 Å². The highest BCUT2D eigenvalue weighted by atomic mass is 16.8. The van der Waals surface area contributed by atoms with Crippen LogP contribution in [0.5, 0.6) is 0 Å². The molecule has 14 heteroatoms. The van der Waals surface area contributed by atoms with Gasteiger partial charge in [-0.15, -0.1) is 0 Å². The van der Waals surface area contributed by atoms with Gasteiger partial charge in [-0.25, -0.2) is 0 Å². The van der Waals surface area contributed by atoms with Crippen LogP contribution in [0.15, 0.2) is 72.8 Å². The number of benzene rings is 3. The third-order valence-corrected chi connectivity index (χ3v) is 8.37. The summed E-state index contributed by atoms with van der Waals surface area (Å²) in [5, 5.41) is 2.03. The van der Waals surface area contributed by atoms with E-state index in [4.69, 9.17) is 47.4 Å². The number of esters is 4. The van der Waals surface area contributed by atoms with Crippen LogP contribution in [-0.2, 0) is 79.8 Å². The van der Waals surface area contributed by atoms with Gasteiger partial charge in [-0.05, 0) is 28.0 Å². The molecule has 52 heavy (non-hydrogen) atoms. The van der Waals surface area contributed by atoms with Gasteiger partial charge in [0.1, 0.15) is 18.3 Å². The van der Waals surface area contributed by atoms with Gasteiger partial charge < -0.3 is 47.4 Å². The molecule has 0 N–H and O–H groups in total. The van der Waals surface area contributed by atoms with Crippen molar-refractivity contribution in [1.29, 1.82) is 0 Å². The van der Waals surface area contributed by atoms with E-state index in [1.165, 1.54) is 34.8 Å². The highest BCUT2D eigenvalue weighted by Gasteiger charge is 2.54. The van der Waals surface area contributed by atoms with Gasteiger partial charge in [-0.1, -0.05) is 66.7 Å². The van der Waals surface area contributed by atoms with Gasteiger partial charge in [-0.3, -0.25) is 19.2 Å². The largest absolute Gasteiger partial charge is 0.457 e. The van der Waals surface area contributed by atoms with Crippen LogP contribution in [0.25, 0.3) is 10.8 Å². The molecule has 280 valence electrons. The molecule has 0 bridgehead atoms. The maximum atomic E-state index is 12.6. The van der Waals surface area contributed by atoms with Crippen LogP contribution in [0.4, 0.5) is 0 Å². The van der Waals surface area contributed by atoms with Crippen LogP contribution in [0.3, 0.4) is 0 Å². The molecular weight excluding hydrogens is 680 g/mol. The number of fused-ring (bicyclic) bond motifs is 1. The molecule has 14 nitrogen and oxygen atoms in total. The second kappa shape index (κ2) is 18.4. The van der Waals surface area contributed by atoms with Crippen molar-refractivity contribution >= 4 is 34.6 Å². The fraction of sp³-hybridized carbons (Fsp3) is 0.474. The predicted octanol–water partition coefficient (Wildman–Crippen LogP) is 3.78. The Morgan fingerprint density at radius 2 is 1.23 bits per heavy atom. The third kappa shape index (κ3) is 10.3. The summed E-state index contributed by atoms with van der Waals surface area (Å²) in [6, 6.07) is 23.1. The van der Waals surface area contributed by atoms with E-state index < -0.39 is 79.2 Å². The number of ether oxygens (including phenoxy) is 10.